The predicted molar refractivity (Wildman–Crippen MR) is 106 cm³/mol. The molecule has 2 aromatic rings. The zero-order valence-electron chi connectivity index (χ0n) is 14.9. The van der Waals surface area contributed by atoms with E-state index in [1.165, 1.54) is 4.31 Å². The number of hydrogen-bond acceptors (Lipinski definition) is 4. The van der Waals surface area contributed by atoms with Crippen LogP contribution >= 0.6 is 11.6 Å². The molecule has 1 aliphatic rings. The van der Waals surface area contributed by atoms with Crippen molar-refractivity contribution in [2.24, 2.45) is 5.10 Å². The molecule has 0 saturated carbocycles. The molecule has 1 saturated heterocycles. The fourth-order valence-electron chi connectivity index (χ4n) is 2.85. The average molecular weight is 406 g/mol. The van der Waals surface area contributed by atoms with Crippen LogP contribution in [0.5, 0.6) is 0 Å². The molecule has 0 aliphatic carbocycles. The minimum absolute atomic E-state index is 0.265. The number of rotatable bonds is 5. The highest BCUT2D eigenvalue weighted by atomic mass is 35.5. The van der Waals surface area contributed by atoms with Gasteiger partial charge in [-0.3, -0.25) is 4.79 Å². The van der Waals surface area contributed by atoms with Crippen LogP contribution < -0.4 is 5.43 Å². The standard InChI is InChI=1S/C19H20ClN3O3S/c1-14(21-22-19(24)17-6-2-3-7-18(17)20)15-8-10-16(11-9-15)27(25,26)23-12-4-5-13-23/h2-3,6-11H,4-5,12-13H2,1H3,(H,22,24)/b21-14+. The lowest BCUT2D eigenvalue weighted by Gasteiger charge is -2.15. The van der Waals surface area contributed by atoms with Crippen LogP contribution in [-0.2, 0) is 10.0 Å². The molecular formula is C19H20ClN3O3S. The van der Waals surface area contributed by atoms with Crippen LogP contribution in [0.1, 0.15) is 35.7 Å². The van der Waals surface area contributed by atoms with Crippen LogP contribution in [0, 0.1) is 0 Å². The second kappa shape index (κ2) is 8.21. The number of nitrogens with one attached hydrogen (secondary N) is 1. The summed E-state index contributed by atoms with van der Waals surface area (Å²) in [4.78, 5) is 12.4. The summed E-state index contributed by atoms with van der Waals surface area (Å²) < 4.78 is 26.6. The van der Waals surface area contributed by atoms with Crippen molar-refractivity contribution < 1.29 is 13.2 Å². The third-order valence-electron chi connectivity index (χ3n) is 4.42. The minimum Gasteiger partial charge on any atom is -0.267 e. The fourth-order valence-corrected chi connectivity index (χ4v) is 4.59. The summed E-state index contributed by atoms with van der Waals surface area (Å²) in [5.41, 5.74) is 4.08. The van der Waals surface area contributed by atoms with Gasteiger partial charge in [0.1, 0.15) is 0 Å². The van der Waals surface area contributed by atoms with Crippen LogP contribution in [0.15, 0.2) is 58.5 Å². The molecule has 2 aromatic carbocycles. The number of carbonyl (C=O) groups is 1. The largest absolute Gasteiger partial charge is 0.272 e. The molecule has 27 heavy (non-hydrogen) atoms. The number of benzene rings is 2. The number of carbonyl (C=O) groups excluding carboxylic acids is 1. The van der Waals surface area contributed by atoms with E-state index in [0.717, 1.165) is 18.4 Å². The molecular weight excluding hydrogens is 386 g/mol. The van der Waals surface area contributed by atoms with E-state index in [-0.39, 0.29) is 4.90 Å². The van der Waals surface area contributed by atoms with Crippen LogP contribution in [0.3, 0.4) is 0 Å². The number of nitrogens with zero attached hydrogens (tertiary/aromatic N) is 2. The number of halogens is 1. The monoisotopic (exact) mass is 405 g/mol. The summed E-state index contributed by atoms with van der Waals surface area (Å²) in [5, 5.41) is 4.43. The van der Waals surface area contributed by atoms with Gasteiger partial charge in [0.15, 0.2) is 0 Å². The normalized spacial score (nSPS) is 15.7. The van der Waals surface area contributed by atoms with Gasteiger partial charge in [0.05, 0.1) is 21.2 Å². The summed E-state index contributed by atoms with van der Waals surface area (Å²) in [7, 11) is -3.44. The topological polar surface area (TPSA) is 78.8 Å². The summed E-state index contributed by atoms with van der Waals surface area (Å²) in [6.45, 7) is 2.87. The number of sulfonamides is 1. The van der Waals surface area contributed by atoms with Crippen molar-refractivity contribution in [1.29, 1.82) is 0 Å². The molecule has 0 bridgehead atoms. The molecule has 0 atom stereocenters. The maximum Gasteiger partial charge on any atom is 0.272 e. The maximum absolute atomic E-state index is 12.5. The van der Waals surface area contributed by atoms with E-state index < -0.39 is 15.9 Å². The van der Waals surface area contributed by atoms with E-state index in [0.29, 0.717) is 29.4 Å². The van der Waals surface area contributed by atoms with Crippen molar-refractivity contribution in [3.05, 3.63) is 64.7 Å². The Labute approximate surface area is 163 Å². The number of amides is 1. The lowest BCUT2D eigenvalue weighted by atomic mass is 10.1. The zero-order chi connectivity index (χ0) is 19.4. The van der Waals surface area contributed by atoms with Crippen molar-refractivity contribution in [3.8, 4) is 0 Å². The van der Waals surface area contributed by atoms with E-state index in [4.69, 9.17) is 11.6 Å². The van der Waals surface area contributed by atoms with Crippen molar-refractivity contribution in [2.75, 3.05) is 13.1 Å². The van der Waals surface area contributed by atoms with Crippen molar-refractivity contribution in [2.45, 2.75) is 24.7 Å². The quantitative estimate of drug-likeness (QED) is 0.612. The van der Waals surface area contributed by atoms with Crippen LogP contribution in [0.4, 0.5) is 0 Å². The Morgan fingerprint density at radius 3 is 2.33 bits per heavy atom. The molecule has 0 unspecified atom stereocenters. The van der Waals surface area contributed by atoms with Gasteiger partial charge in [0.2, 0.25) is 10.0 Å². The summed E-state index contributed by atoms with van der Waals surface area (Å²) >= 11 is 6.00. The fraction of sp³-hybridized carbons (Fsp3) is 0.263. The predicted octanol–water partition coefficient (Wildman–Crippen LogP) is 3.28. The summed E-state index contributed by atoms with van der Waals surface area (Å²) in [6, 6.07) is 13.2. The van der Waals surface area contributed by atoms with Crippen molar-refractivity contribution in [1.82, 2.24) is 9.73 Å². The molecule has 1 amide bonds. The highest BCUT2D eigenvalue weighted by Crippen LogP contribution is 2.21. The van der Waals surface area contributed by atoms with Gasteiger partial charge >= 0.3 is 0 Å². The number of hydrazone groups is 1. The zero-order valence-corrected chi connectivity index (χ0v) is 16.4. The second-order valence-corrected chi connectivity index (χ2v) is 8.60. The van der Waals surface area contributed by atoms with Crippen molar-refractivity contribution >= 4 is 33.2 Å². The minimum atomic E-state index is -3.44. The lowest BCUT2D eigenvalue weighted by Crippen LogP contribution is -2.27. The molecule has 8 heteroatoms. The van der Waals surface area contributed by atoms with Gasteiger partial charge in [0.25, 0.3) is 5.91 Å². The average Bonchev–Trinajstić information content (AvgIpc) is 3.22. The van der Waals surface area contributed by atoms with E-state index >= 15 is 0 Å². The Balaban J connectivity index is 1.72. The lowest BCUT2D eigenvalue weighted by molar-refractivity contribution is 0.0955. The van der Waals surface area contributed by atoms with Gasteiger partial charge in [-0.25, -0.2) is 13.8 Å². The van der Waals surface area contributed by atoms with E-state index in [9.17, 15) is 13.2 Å². The highest BCUT2D eigenvalue weighted by Gasteiger charge is 2.26. The van der Waals surface area contributed by atoms with E-state index in [2.05, 4.69) is 10.5 Å². The smallest absolute Gasteiger partial charge is 0.267 e. The SMILES string of the molecule is C/C(=N\NC(=O)c1ccccc1Cl)c1ccc(S(=O)(=O)N2CCCC2)cc1. The van der Waals surface area contributed by atoms with Gasteiger partial charge in [-0.05, 0) is 49.6 Å². The van der Waals surface area contributed by atoms with Crippen LogP contribution in [0.2, 0.25) is 5.02 Å². The molecule has 0 spiro atoms. The summed E-state index contributed by atoms with van der Waals surface area (Å²) in [6.07, 6.45) is 1.79. The van der Waals surface area contributed by atoms with Crippen molar-refractivity contribution in [3.63, 3.8) is 0 Å². The third kappa shape index (κ3) is 4.37. The molecule has 1 N–H and O–H groups in total. The first kappa shape index (κ1) is 19.5. The number of hydrogen-bond donors (Lipinski definition) is 1. The molecule has 6 nitrogen and oxygen atoms in total. The summed E-state index contributed by atoms with van der Waals surface area (Å²) in [5.74, 6) is -0.409. The maximum atomic E-state index is 12.5. The van der Waals surface area contributed by atoms with Gasteiger partial charge in [0, 0.05) is 13.1 Å². The van der Waals surface area contributed by atoms with Gasteiger partial charge < -0.3 is 0 Å². The first-order valence-corrected chi connectivity index (χ1v) is 10.4. The third-order valence-corrected chi connectivity index (χ3v) is 6.66. The highest BCUT2D eigenvalue weighted by molar-refractivity contribution is 7.89. The Morgan fingerprint density at radius 1 is 1.07 bits per heavy atom. The molecule has 1 heterocycles. The first-order chi connectivity index (χ1) is 12.9. The molecule has 1 fully saturated rings. The Morgan fingerprint density at radius 2 is 1.70 bits per heavy atom. The van der Waals surface area contributed by atoms with E-state index in [1.54, 1.807) is 55.5 Å². The Kier molecular flexibility index (Phi) is 5.94. The van der Waals surface area contributed by atoms with Gasteiger partial charge in [-0.2, -0.15) is 9.41 Å². The molecule has 0 radical (unpaired) electrons. The first-order valence-electron chi connectivity index (χ1n) is 8.59. The molecule has 142 valence electrons. The second-order valence-electron chi connectivity index (χ2n) is 6.25. The molecule has 1 aliphatic heterocycles. The van der Waals surface area contributed by atoms with Crippen LogP contribution in [0.25, 0.3) is 0 Å². The molecule has 0 aromatic heterocycles. The van der Waals surface area contributed by atoms with Gasteiger partial charge in [-0.15, -0.1) is 0 Å². The Hall–Kier alpha value is -2.22. The van der Waals surface area contributed by atoms with E-state index in [1.807, 2.05) is 0 Å². The Bertz CT molecular complexity index is 966. The van der Waals surface area contributed by atoms with Crippen LogP contribution in [-0.4, -0.2) is 37.4 Å². The molecule has 3 rings (SSSR count). The van der Waals surface area contributed by atoms with Gasteiger partial charge in [-0.1, -0.05) is 35.9 Å².